The summed E-state index contributed by atoms with van der Waals surface area (Å²) in [6.45, 7) is 4.33. The van der Waals surface area contributed by atoms with E-state index in [1.54, 1.807) is 0 Å². The van der Waals surface area contributed by atoms with E-state index in [4.69, 9.17) is 4.74 Å². The second-order valence-electron chi connectivity index (χ2n) is 6.20. The highest BCUT2D eigenvalue weighted by Gasteiger charge is 2.23. The van der Waals surface area contributed by atoms with Crippen LogP contribution in [0.5, 0.6) is 6.01 Å². The minimum Gasteiger partial charge on any atom is -0.460 e. The average Bonchev–Trinajstić information content (AvgIpc) is 3.01. The van der Waals surface area contributed by atoms with Crippen LogP contribution in [-0.2, 0) is 0 Å². The first kappa shape index (κ1) is 14.4. The molecule has 6 nitrogen and oxygen atoms in total. The van der Waals surface area contributed by atoms with Crippen molar-refractivity contribution >= 4 is 11.9 Å². The number of hydrogen-bond donors (Lipinski definition) is 1. The maximum absolute atomic E-state index is 6.04. The third kappa shape index (κ3) is 3.54. The van der Waals surface area contributed by atoms with E-state index in [0.29, 0.717) is 12.0 Å². The molecule has 2 atom stereocenters. The van der Waals surface area contributed by atoms with Crippen LogP contribution in [0.15, 0.2) is 0 Å². The Hall–Kier alpha value is -1.59. The van der Waals surface area contributed by atoms with Crippen LogP contribution in [0.25, 0.3) is 0 Å². The summed E-state index contributed by atoms with van der Waals surface area (Å²) in [6.07, 6.45) is 7.39. The van der Waals surface area contributed by atoms with Gasteiger partial charge in [-0.3, -0.25) is 0 Å². The second-order valence-corrected chi connectivity index (χ2v) is 6.20. The van der Waals surface area contributed by atoms with Crippen LogP contribution in [0.3, 0.4) is 0 Å². The van der Waals surface area contributed by atoms with Crippen molar-refractivity contribution in [2.75, 3.05) is 30.4 Å². The fourth-order valence-corrected chi connectivity index (χ4v) is 3.20. The molecule has 21 heavy (non-hydrogen) atoms. The van der Waals surface area contributed by atoms with Gasteiger partial charge in [-0.1, -0.05) is 13.3 Å². The highest BCUT2D eigenvalue weighted by Crippen LogP contribution is 2.27. The van der Waals surface area contributed by atoms with Crippen molar-refractivity contribution in [2.45, 2.75) is 51.6 Å². The van der Waals surface area contributed by atoms with E-state index in [1.165, 1.54) is 25.7 Å². The van der Waals surface area contributed by atoms with Gasteiger partial charge >= 0.3 is 6.01 Å². The van der Waals surface area contributed by atoms with Gasteiger partial charge in [-0.25, -0.2) is 0 Å². The van der Waals surface area contributed by atoms with Gasteiger partial charge in [0.15, 0.2) is 0 Å². The first-order valence-electron chi connectivity index (χ1n) is 8.10. The average molecular weight is 291 g/mol. The van der Waals surface area contributed by atoms with Gasteiger partial charge in [-0.05, 0) is 38.0 Å². The van der Waals surface area contributed by atoms with Crippen LogP contribution in [-0.4, -0.2) is 41.2 Å². The molecule has 1 aliphatic carbocycles. The quantitative estimate of drug-likeness (QED) is 0.919. The van der Waals surface area contributed by atoms with E-state index >= 15 is 0 Å². The molecular formula is C15H25N5O. The van der Waals surface area contributed by atoms with Gasteiger partial charge < -0.3 is 15.0 Å². The van der Waals surface area contributed by atoms with E-state index in [-0.39, 0.29) is 6.10 Å². The lowest BCUT2D eigenvalue weighted by atomic mass is 9.89. The number of rotatable bonds is 4. The third-order valence-corrected chi connectivity index (χ3v) is 4.38. The van der Waals surface area contributed by atoms with Crippen LogP contribution in [0.2, 0.25) is 0 Å². The molecule has 0 spiro atoms. The minimum atomic E-state index is 0.243. The second kappa shape index (κ2) is 6.45. The summed E-state index contributed by atoms with van der Waals surface area (Å²) in [4.78, 5) is 15.5. The molecule has 116 valence electrons. The van der Waals surface area contributed by atoms with Gasteiger partial charge in [0.2, 0.25) is 11.9 Å². The van der Waals surface area contributed by atoms with Crippen LogP contribution >= 0.6 is 0 Å². The van der Waals surface area contributed by atoms with Crippen molar-refractivity contribution in [3.8, 4) is 6.01 Å². The summed E-state index contributed by atoms with van der Waals surface area (Å²) in [6, 6.07) is 0.468. The monoisotopic (exact) mass is 291 g/mol. The van der Waals surface area contributed by atoms with Crippen molar-refractivity contribution < 1.29 is 4.74 Å². The molecule has 2 unspecified atom stereocenters. The van der Waals surface area contributed by atoms with Gasteiger partial charge in [0.05, 0.1) is 0 Å². The maximum atomic E-state index is 6.04. The van der Waals surface area contributed by atoms with Crippen LogP contribution < -0.4 is 15.0 Å². The number of nitrogens with one attached hydrogen (secondary N) is 1. The Labute approximate surface area is 126 Å². The lowest BCUT2D eigenvalue weighted by Crippen LogP contribution is -2.26. The molecule has 0 amide bonds. The predicted octanol–water partition coefficient (Wildman–Crippen LogP) is 2.47. The Morgan fingerprint density at radius 1 is 1.10 bits per heavy atom. The van der Waals surface area contributed by atoms with E-state index < -0.39 is 0 Å². The van der Waals surface area contributed by atoms with Crippen molar-refractivity contribution in [3.05, 3.63) is 0 Å². The molecule has 1 N–H and O–H groups in total. The summed E-state index contributed by atoms with van der Waals surface area (Å²) < 4.78 is 6.04. The van der Waals surface area contributed by atoms with Crippen molar-refractivity contribution in [1.29, 1.82) is 0 Å². The third-order valence-electron chi connectivity index (χ3n) is 4.38. The van der Waals surface area contributed by atoms with E-state index in [2.05, 4.69) is 32.1 Å². The van der Waals surface area contributed by atoms with Crippen molar-refractivity contribution in [3.63, 3.8) is 0 Å². The topological polar surface area (TPSA) is 63.2 Å². The number of aromatic nitrogens is 3. The molecule has 3 rings (SSSR count). The molecule has 1 saturated heterocycles. The summed E-state index contributed by atoms with van der Waals surface area (Å²) >= 11 is 0. The van der Waals surface area contributed by atoms with Crippen molar-refractivity contribution in [1.82, 2.24) is 15.0 Å². The summed E-state index contributed by atoms with van der Waals surface area (Å²) in [5.74, 6) is 2.06. The Morgan fingerprint density at radius 2 is 1.90 bits per heavy atom. The number of nitrogens with zero attached hydrogens (tertiary/aromatic N) is 4. The van der Waals surface area contributed by atoms with Crippen LogP contribution in [0, 0.1) is 5.92 Å². The van der Waals surface area contributed by atoms with Crippen molar-refractivity contribution in [2.24, 2.45) is 5.92 Å². The Morgan fingerprint density at radius 3 is 2.62 bits per heavy atom. The SMILES string of the molecule is CNc1nc(OC2CCCC(C)C2)nc(N2CCCC2)n1. The highest BCUT2D eigenvalue weighted by molar-refractivity contribution is 5.38. The molecule has 2 fully saturated rings. The molecule has 0 bridgehead atoms. The van der Waals surface area contributed by atoms with Gasteiger partial charge in [0.25, 0.3) is 0 Å². The highest BCUT2D eigenvalue weighted by atomic mass is 16.5. The van der Waals surface area contributed by atoms with E-state index in [1.807, 2.05) is 7.05 Å². The fraction of sp³-hybridized carbons (Fsp3) is 0.800. The number of anilines is 2. The molecule has 1 aromatic rings. The molecule has 1 aliphatic heterocycles. The number of ether oxygens (including phenoxy) is 1. The molecular weight excluding hydrogens is 266 g/mol. The number of hydrogen-bond acceptors (Lipinski definition) is 6. The van der Waals surface area contributed by atoms with Gasteiger partial charge in [0, 0.05) is 20.1 Å². The van der Waals surface area contributed by atoms with E-state index in [0.717, 1.165) is 37.8 Å². The molecule has 1 aromatic heterocycles. The van der Waals surface area contributed by atoms with Crippen LogP contribution in [0.1, 0.15) is 45.4 Å². The Kier molecular flexibility index (Phi) is 4.41. The first-order chi connectivity index (χ1) is 10.2. The predicted molar refractivity (Wildman–Crippen MR) is 82.9 cm³/mol. The summed E-state index contributed by atoms with van der Waals surface area (Å²) in [5, 5.41) is 3.01. The Balaban J connectivity index is 1.75. The zero-order valence-electron chi connectivity index (χ0n) is 13.0. The van der Waals surface area contributed by atoms with Gasteiger partial charge in [-0.2, -0.15) is 15.0 Å². The first-order valence-corrected chi connectivity index (χ1v) is 8.10. The summed E-state index contributed by atoms with van der Waals surface area (Å²) in [5.41, 5.74) is 0. The zero-order valence-corrected chi connectivity index (χ0v) is 13.0. The summed E-state index contributed by atoms with van der Waals surface area (Å²) in [7, 11) is 1.83. The lowest BCUT2D eigenvalue weighted by molar-refractivity contribution is 0.118. The van der Waals surface area contributed by atoms with E-state index in [9.17, 15) is 0 Å². The molecule has 1 saturated carbocycles. The fourth-order valence-electron chi connectivity index (χ4n) is 3.20. The smallest absolute Gasteiger partial charge is 0.323 e. The largest absolute Gasteiger partial charge is 0.460 e. The normalized spacial score (nSPS) is 25.9. The Bertz CT molecular complexity index is 475. The molecule has 6 heteroatoms. The molecule has 2 aliphatic rings. The minimum absolute atomic E-state index is 0.243. The standard InChI is InChI=1S/C15H25N5O/c1-11-6-5-7-12(10-11)21-15-18-13(16-2)17-14(19-15)20-8-3-4-9-20/h11-12H,3-10H2,1-2H3,(H,16,17,18,19). The molecule has 0 radical (unpaired) electrons. The molecule has 0 aromatic carbocycles. The van der Waals surface area contributed by atoms with Gasteiger partial charge in [-0.15, -0.1) is 0 Å². The lowest BCUT2D eigenvalue weighted by Gasteiger charge is -2.26. The van der Waals surface area contributed by atoms with Gasteiger partial charge in [0.1, 0.15) is 6.10 Å². The maximum Gasteiger partial charge on any atom is 0.323 e. The zero-order chi connectivity index (χ0) is 14.7. The van der Waals surface area contributed by atoms with Crippen LogP contribution in [0.4, 0.5) is 11.9 Å². The molecule has 2 heterocycles.